The summed E-state index contributed by atoms with van der Waals surface area (Å²) in [6, 6.07) is 9.79. The highest BCUT2D eigenvalue weighted by atomic mass is 16.5. The van der Waals surface area contributed by atoms with Gasteiger partial charge in [0.2, 0.25) is 0 Å². The Hall–Kier alpha value is -2.16. The number of fused-ring (bicyclic) bond motifs is 1. The predicted octanol–water partition coefficient (Wildman–Crippen LogP) is 3.20. The molecule has 0 radical (unpaired) electrons. The molecule has 0 N–H and O–H groups in total. The van der Waals surface area contributed by atoms with E-state index in [9.17, 15) is 4.79 Å². The van der Waals surface area contributed by atoms with Gasteiger partial charge in [-0.3, -0.25) is 4.98 Å². The third-order valence-electron chi connectivity index (χ3n) is 2.61. The number of carbonyl (C=O) groups excluding carboxylic acids is 1. The van der Waals surface area contributed by atoms with Crippen molar-refractivity contribution in [3.05, 3.63) is 47.7 Å². The van der Waals surface area contributed by atoms with E-state index in [-0.39, 0.29) is 5.97 Å². The van der Waals surface area contributed by atoms with Gasteiger partial charge in [-0.25, -0.2) is 4.79 Å². The van der Waals surface area contributed by atoms with Crippen LogP contribution in [0.3, 0.4) is 0 Å². The molecule has 2 aromatic rings. The molecule has 0 atom stereocenters. The summed E-state index contributed by atoms with van der Waals surface area (Å²) >= 11 is 0. The van der Waals surface area contributed by atoms with Crippen molar-refractivity contribution in [3.63, 3.8) is 0 Å². The Labute approximate surface area is 106 Å². The van der Waals surface area contributed by atoms with Crippen molar-refractivity contribution in [2.24, 2.45) is 0 Å². The number of esters is 1. The van der Waals surface area contributed by atoms with Gasteiger partial charge in [0.05, 0.1) is 12.1 Å². The van der Waals surface area contributed by atoms with E-state index in [0.29, 0.717) is 12.2 Å². The van der Waals surface area contributed by atoms with Crippen LogP contribution in [0.15, 0.2) is 42.1 Å². The normalized spacial score (nSPS) is 11.6. The molecule has 0 aliphatic heterocycles. The molecule has 3 heteroatoms. The van der Waals surface area contributed by atoms with Crippen LogP contribution >= 0.6 is 0 Å². The lowest BCUT2D eigenvalue weighted by Crippen LogP contribution is -2.04. The molecule has 0 bridgehead atoms. The lowest BCUT2D eigenvalue weighted by Gasteiger charge is -2.02. The Morgan fingerprint density at radius 3 is 3.00 bits per heavy atom. The van der Waals surface area contributed by atoms with E-state index in [1.807, 2.05) is 36.4 Å². The molecule has 0 amide bonds. The maximum Gasteiger partial charge on any atom is 0.333 e. The van der Waals surface area contributed by atoms with Crippen LogP contribution in [0.1, 0.15) is 19.4 Å². The predicted molar refractivity (Wildman–Crippen MR) is 72.0 cm³/mol. The van der Waals surface area contributed by atoms with Crippen LogP contribution in [0.25, 0.3) is 17.0 Å². The first-order valence-electron chi connectivity index (χ1n) is 5.91. The molecule has 2 rings (SSSR count). The van der Waals surface area contributed by atoms with Crippen LogP contribution < -0.4 is 0 Å². The van der Waals surface area contributed by atoms with Crippen molar-refractivity contribution >= 4 is 22.9 Å². The Balaban J connectivity index is 2.31. The number of hydrogen-bond donors (Lipinski definition) is 0. The van der Waals surface area contributed by atoms with Gasteiger partial charge >= 0.3 is 5.97 Å². The minimum atomic E-state index is -0.274. The SMILES string of the molecule is CCOC(=O)/C(C)=C/c1ccc2ncccc2c1. The van der Waals surface area contributed by atoms with Crippen molar-refractivity contribution in [1.29, 1.82) is 0 Å². The summed E-state index contributed by atoms with van der Waals surface area (Å²) in [6.07, 6.45) is 3.59. The molecule has 0 aliphatic rings. The Bertz CT molecular complexity index is 602. The van der Waals surface area contributed by atoms with Crippen molar-refractivity contribution in [1.82, 2.24) is 4.98 Å². The summed E-state index contributed by atoms with van der Waals surface area (Å²) in [5, 5.41) is 1.06. The van der Waals surface area contributed by atoms with Crippen molar-refractivity contribution in [2.45, 2.75) is 13.8 Å². The fourth-order valence-electron chi connectivity index (χ4n) is 1.74. The zero-order valence-electron chi connectivity index (χ0n) is 10.5. The molecular weight excluding hydrogens is 226 g/mol. The number of carbonyl (C=O) groups is 1. The van der Waals surface area contributed by atoms with E-state index in [1.165, 1.54) is 0 Å². The molecule has 0 aliphatic carbocycles. The van der Waals surface area contributed by atoms with Gasteiger partial charge in [-0.15, -0.1) is 0 Å². The van der Waals surface area contributed by atoms with E-state index < -0.39 is 0 Å². The van der Waals surface area contributed by atoms with E-state index >= 15 is 0 Å². The number of hydrogen-bond acceptors (Lipinski definition) is 3. The standard InChI is InChI=1S/C15H15NO2/c1-3-18-15(17)11(2)9-12-6-7-14-13(10-12)5-4-8-16-14/h4-10H,3H2,1-2H3/b11-9+. The summed E-state index contributed by atoms with van der Waals surface area (Å²) in [5.74, 6) is -0.274. The fourth-order valence-corrected chi connectivity index (χ4v) is 1.74. The number of rotatable bonds is 3. The summed E-state index contributed by atoms with van der Waals surface area (Å²) in [6.45, 7) is 3.95. The summed E-state index contributed by atoms with van der Waals surface area (Å²) < 4.78 is 4.94. The number of benzene rings is 1. The first-order valence-corrected chi connectivity index (χ1v) is 5.91. The highest BCUT2D eigenvalue weighted by Gasteiger charge is 2.04. The lowest BCUT2D eigenvalue weighted by atomic mass is 10.1. The first kappa shape index (κ1) is 12.3. The third-order valence-corrected chi connectivity index (χ3v) is 2.61. The molecule has 0 spiro atoms. The van der Waals surface area contributed by atoms with Gasteiger partial charge in [0, 0.05) is 17.2 Å². The minimum absolute atomic E-state index is 0.274. The molecule has 1 aromatic heterocycles. The van der Waals surface area contributed by atoms with Crippen LogP contribution in [-0.2, 0) is 9.53 Å². The molecule has 0 fully saturated rings. The highest BCUT2D eigenvalue weighted by molar-refractivity contribution is 5.93. The molecule has 0 unspecified atom stereocenters. The monoisotopic (exact) mass is 241 g/mol. The van der Waals surface area contributed by atoms with Gasteiger partial charge in [-0.05, 0) is 43.7 Å². The zero-order valence-corrected chi connectivity index (χ0v) is 10.5. The Morgan fingerprint density at radius 1 is 1.39 bits per heavy atom. The second-order valence-electron chi connectivity index (χ2n) is 4.00. The lowest BCUT2D eigenvalue weighted by molar-refractivity contribution is -0.138. The molecule has 0 saturated heterocycles. The summed E-state index contributed by atoms with van der Waals surface area (Å²) in [5.41, 5.74) is 2.52. The van der Waals surface area contributed by atoms with E-state index in [0.717, 1.165) is 16.5 Å². The van der Waals surface area contributed by atoms with Gasteiger partial charge in [-0.2, -0.15) is 0 Å². The third kappa shape index (κ3) is 2.74. The number of nitrogens with zero attached hydrogens (tertiary/aromatic N) is 1. The van der Waals surface area contributed by atoms with Gasteiger partial charge in [-0.1, -0.05) is 12.1 Å². The first-order chi connectivity index (χ1) is 8.70. The molecule has 1 aromatic carbocycles. The van der Waals surface area contributed by atoms with Gasteiger partial charge in [0.1, 0.15) is 0 Å². The maximum absolute atomic E-state index is 11.5. The van der Waals surface area contributed by atoms with Crippen LogP contribution in [-0.4, -0.2) is 17.6 Å². The number of ether oxygens (including phenoxy) is 1. The maximum atomic E-state index is 11.5. The van der Waals surface area contributed by atoms with E-state index in [1.54, 1.807) is 20.0 Å². The Morgan fingerprint density at radius 2 is 2.22 bits per heavy atom. The fraction of sp³-hybridized carbons (Fsp3) is 0.200. The zero-order chi connectivity index (χ0) is 13.0. The minimum Gasteiger partial charge on any atom is -0.463 e. The summed E-state index contributed by atoms with van der Waals surface area (Å²) in [4.78, 5) is 15.8. The molecule has 0 saturated carbocycles. The van der Waals surface area contributed by atoms with Crippen LogP contribution in [0.5, 0.6) is 0 Å². The largest absolute Gasteiger partial charge is 0.463 e. The van der Waals surface area contributed by atoms with Crippen molar-refractivity contribution < 1.29 is 9.53 Å². The van der Waals surface area contributed by atoms with Crippen LogP contribution in [0, 0.1) is 0 Å². The van der Waals surface area contributed by atoms with Crippen LogP contribution in [0.2, 0.25) is 0 Å². The highest BCUT2D eigenvalue weighted by Crippen LogP contribution is 2.16. The second kappa shape index (κ2) is 5.45. The van der Waals surface area contributed by atoms with Crippen LogP contribution in [0.4, 0.5) is 0 Å². The summed E-state index contributed by atoms with van der Waals surface area (Å²) in [7, 11) is 0. The molecule has 1 heterocycles. The second-order valence-corrected chi connectivity index (χ2v) is 4.00. The molecule has 92 valence electrons. The van der Waals surface area contributed by atoms with E-state index in [4.69, 9.17) is 4.74 Å². The van der Waals surface area contributed by atoms with Crippen molar-refractivity contribution in [3.8, 4) is 0 Å². The molecular formula is C15H15NO2. The molecule has 3 nitrogen and oxygen atoms in total. The smallest absolute Gasteiger partial charge is 0.333 e. The topological polar surface area (TPSA) is 39.2 Å². The van der Waals surface area contributed by atoms with Gasteiger partial charge in [0.15, 0.2) is 0 Å². The molecule has 18 heavy (non-hydrogen) atoms. The van der Waals surface area contributed by atoms with Gasteiger partial charge in [0.25, 0.3) is 0 Å². The quantitative estimate of drug-likeness (QED) is 0.612. The number of pyridine rings is 1. The number of aromatic nitrogens is 1. The van der Waals surface area contributed by atoms with Crippen molar-refractivity contribution in [2.75, 3.05) is 6.61 Å². The average Bonchev–Trinajstić information content (AvgIpc) is 2.39. The Kier molecular flexibility index (Phi) is 3.72. The average molecular weight is 241 g/mol. The van der Waals surface area contributed by atoms with Gasteiger partial charge < -0.3 is 4.74 Å². The van der Waals surface area contributed by atoms with E-state index in [2.05, 4.69) is 4.98 Å².